The van der Waals surface area contributed by atoms with Gasteiger partial charge in [0.05, 0.1) is 0 Å². The van der Waals surface area contributed by atoms with Gasteiger partial charge in [0, 0.05) is 31.3 Å². The minimum atomic E-state index is -0.701. The first-order chi connectivity index (χ1) is 9.66. The summed E-state index contributed by atoms with van der Waals surface area (Å²) in [6.45, 7) is 0. The van der Waals surface area contributed by atoms with Gasteiger partial charge in [0.1, 0.15) is 5.60 Å². The third-order valence-electron chi connectivity index (χ3n) is 5.16. The van der Waals surface area contributed by atoms with Gasteiger partial charge in [-0.15, -0.1) is 0 Å². The van der Waals surface area contributed by atoms with Gasteiger partial charge >= 0.3 is 0 Å². The molecule has 3 nitrogen and oxygen atoms in total. The summed E-state index contributed by atoms with van der Waals surface area (Å²) in [5.41, 5.74) is 1.62. The molecule has 1 N–H and O–H groups in total. The predicted octanol–water partition coefficient (Wildman–Crippen LogP) is 2.81. The van der Waals surface area contributed by atoms with Gasteiger partial charge < -0.3 is 5.11 Å². The third-order valence-corrected chi connectivity index (χ3v) is 5.16. The van der Waals surface area contributed by atoms with E-state index in [1.165, 1.54) is 12.0 Å². The lowest BCUT2D eigenvalue weighted by molar-refractivity contribution is -0.0464. The lowest BCUT2D eigenvalue weighted by atomic mass is 9.70. The number of piperidine rings is 1. The van der Waals surface area contributed by atoms with Gasteiger partial charge in [0.15, 0.2) is 0 Å². The number of likely N-dealkylation sites (tertiary alicyclic amines) is 1. The van der Waals surface area contributed by atoms with Crippen molar-refractivity contribution in [3.63, 3.8) is 0 Å². The summed E-state index contributed by atoms with van der Waals surface area (Å²) in [5, 5.41) is 11.1. The van der Waals surface area contributed by atoms with Crippen LogP contribution in [0, 0.1) is 0 Å². The first-order valence-corrected chi connectivity index (χ1v) is 7.62. The van der Waals surface area contributed by atoms with Crippen molar-refractivity contribution >= 4 is 5.71 Å². The molecular weight excluding hydrogens is 248 g/mol. The van der Waals surface area contributed by atoms with Gasteiger partial charge in [-0.1, -0.05) is 43.2 Å². The molecule has 0 spiro atoms. The minimum Gasteiger partial charge on any atom is -0.382 e. The van der Waals surface area contributed by atoms with Gasteiger partial charge in [-0.3, -0.25) is 9.89 Å². The second kappa shape index (κ2) is 5.30. The smallest absolute Gasteiger partial charge is 0.118 e. The van der Waals surface area contributed by atoms with Crippen LogP contribution in [0.5, 0.6) is 0 Å². The predicted molar refractivity (Wildman–Crippen MR) is 82.1 cm³/mol. The van der Waals surface area contributed by atoms with E-state index >= 15 is 0 Å². The maximum atomic E-state index is 11.1. The zero-order valence-electron chi connectivity index (χ0n) is 12.4. The molecule has 0 radical (unpaired) electrons. The second-order valence-electron chi connectivity index (χ2n) is 6.15. The zero-order chi connectivity index (χ0) is 14.2. The number of nitrogens with zero attached hydrogens (tertiary/aromatic N) is 2. The normalized spacial score (nSPS) is 36.9. The largest absolute Gasteiger partial charge is 0.382 e. The van der Waals surface area contributed by atoms with Crippen molar-refractivity contribution in [3.8, 4) is 0 Å². The number of rotatable bonds is 1. The molecule has 2 aliphatic rings. The van der Waals surface area contributed by atoms with Crippen LogP contribution in [-0.2, 0) is 0 Å². The number of hydrogen-bond acceptors (Lipinski definition) is 3. The van der Waals surface area contributed by atoms with E-state index < -0.39 is 5.60 Å². The van der Waals surface area contributed by atoms with Crippen molar-refractivity contribution in [1.29, 1.82) is 0 Å². The molecule has 108 valence electrons. The van der Waals surface area contributed by atoms with E-state index in [2.05, 4.69) is 47.3 Å². The maximum absolute atomic E-state index is 11.1. The van der Waals surface area contributed by atoms with Crippen LogP contribution in [-0.4, -0.2) is 41.5 Å². The van der Waals surface area contributed by atoms with Gasteiger partial charge in [-0.05, 0) is 25.5 Å². The fourth-order valence-corrected chi connectivity index (χ4v) is 4.05. The van der Waals surface area contributed by atoms with Crippen LogP contribution in [0.1, 0.15) is 43.7 Å². The molecule has 1 aromatic carbocycles. The molecule has 2 fully saturated rings. The summed E-state index contributed by atoms with van der Waals surface area (Å²) in [5.74, 6) is 0. The topological polar surface area (TPSA) is 35.8 Å². The number of aliphatic hydroxyl groups is 1. The lowest BCUT2D eigenvalue weighted by Gasteiger charge is -2.52. The van der Waals surface area contributed by atoms with E-state index in [0.29, 0.717) is 6.04 Å². The van der Waals surface area contributed by atoms with Gasteiger partial charge in [0.25, 0.3) is 0 Å². The molecule has 1 saturated carbocycles. The second-order valence-corrected chi connectivity index (χ2v) is 6.15. The standard InChI is InChI=1S/C17H24N2O/c1-18-15-12-14(13-8-4-3-5-9-13)19(2)16-10-6-7-11-17(15,16)20/h3-5,8-9,14,16,20H,6-7,10-12H2,1-2H3/t14-,16-,17+/m1/s1. The van der Waals surface area contributed by atoms with Crippen LogP contribution in [0.2, 0.25) is 0 Å². The molecule has 0 unspecified atom stereocenters. The van der Waals surface area contributed by atoms with Crippen molar-refractivity contribution in [2.45, 2.75) is 49.8 Å². The summed E-state index contributed by atoms with van der Waals surface area (Å²) < 4.78 is 0. The average molecular weight is 272 g/mol. The highest BCUT2D eigenvalue weighted by molar-refractivity contribution is 5.94. The Morgan fingerprint density at radius 3 is 2.70 bits per heavy atom. The summed E-state index contributed by atoms with van der Waals surface area (Å²) in [4.78, 5) is 6.83. The van der Waals surface area contributed by atoms with Crippen LogP contribution >= 0.6 is 0 Å². The minimum absolute atomic E-state index is 0.203. The van der Waals surface area contributed by atoms with E-state index in [4.69, 9.17) is 0 Å². The third kappa shape index (κ3) is 2.09. The monoisotopic (exact) mass is 272 g/mol. The van der Waals surface area contributed by atoms with Crippen LogP contribution in [0.15, 0.2) is 35.3 Å². The molecule has 0 amide bonds. The summed E-state index contributed by atoms with van der Waals surface area (Å²) in [6, 6.07) is 11.1. The fourth-order valence-electron chi connectivity index (χ4n) is 4.05. The Morgan fingerprint density at radius 2 is 2.00 bits per heavy atom. The molecule has 20 heavy (non-hydrogen) atoms. The van der Waals surface area contributed by atoms with E-state index in [9.17, 15) is 5.11 Å². The van der Waals surface area contributed by atoms with Crippen molar-refractivity contribution in [2.75, 3.05) is 14.1 Å². The summed E-state index contributed by atoms with van der Waals surface area (Å²) in [7, 11) is 3.98. The van der Waals surface area contributed by atoms with Crippen LogP contribution in [0.3, 0.4) is 0 Å². The molecule has 1 saturated heterocycles. The Morgan fingerprint density at radius 1 is 1.25 bits per heavy atom. The Bertz CT molecular complexity index is 499. The van der Waals surface area contributed by atoms with Crippen LogP contribution in [0.25, 0.3) is 0 Å². The Hall–Kier alpha value is -1.19. The van der Waals surface area contributed by atoms with Crippen LogP contribution < -0.4 is 0 Å². The van der Waals surface area contributed by atoms with E-state index in [1.807, 2.05) is 7.05 Å². The molecule has 0 bridgehead atoms. The van der Waals surface area contributed by atoms with E-state index in [0.717, 1.165) is 31.4 Å². The van der Waals surface area contributed by atoms with Crippen molar-refractivity contribution in [1.82, 2.24) is 4.90 Å². The van der Waals surface area contributed by atoms with Crippen molar-refractivity contribution in [2.24, 2.45) is 4.99 Å². The van der Waals surface area contributed by atoms with E-state index in [-0.39, 0.29) is 6.04 Å². The molecule has 3 rings (SSSR count). The average Bonchev–Trinajstić information content (AvgIpc) is 2.48. The van der Waals surface area contributed by atoms with Gasteiger partial charge in [-0.25, -0.2) is 0 Å². The molecule has 1 aromatic rings. The number of likely N-dealkylation sites (N-methyl/N-ethyl adjacent to an activating group) is 1. The first kappa shape index (κ1) is 13.8. The van der Waals surface area contributed by atoms with Gasteiger partial charge in [-0.2, -0.15) is 0 Å². The number of fused-ring (bicyclic) bond motifs is 1. The Kier molecular flexibility index (Phi) is 3.65. The number of aliphatic imine (C=N–C) groups is 1. The molecule has 0 aromatic heterocycles. The highest BCUT2D eigenvalue weighted by Crippen LogP contribution is 2.43. The van der Waals surface area contributed by atoms with Crippen molar-refractivity contribution in [3.05, 3.63) is 35.9 Å². The molecule has 1 aliphatic heterocycles. The Balaban J connectivity index is 1.97. The zero-order valence-corrected chi connectivity index (χ0v) is 12.4. The maximum Gasteiger partial charge on any atom is 0.118 e. The number of hydrogen-bond donors (Lipinski definition) is 1. The van der Waals surface area contributed by atoms with E-state index in [1.54, 1.807) is 0 Å². The highest BCUT2D eigenvalue weighted by atomic mass is 16.3. The number of benzene rings is 1. The quantitative estimate of drug-likeness (QED) is 0.853. The van der Waals surface area contributed by atoms with Crippen molar-refractivity contribution < 1.29 is 5.11 Å². The van der Waals surface area contributed by atoms with Crippen LogP contribution in [0.4, 0.5) is 0 Å². The molecule has 1 aliphatic carbocycles. The lowest BCUT2D eigenvalue weighted by Crippen LogP contribution is -2.62. The molecule has 3 atom stereocenters. The molecule has 3 heteroatoms. The molecular formula is C17H24N2O. The fraction of sp³-hybridized carbons (Fsp3) is 0.588. The Labute approximate surface area is 121 Å². The first-order valence-electron chi connectivity index (χ1n) is 7.62. The highest BCUT2D eigenvalue weighted by Gasteiger charge is 2.50. The van der Waals surface area contributed by atoms with Gasteiger partial charge in [0.2, 0.25) is 0 Å². The SMILES string of the molecule is CN=C1C[C@H](c2ccccc2)N(C)[C@@H]2CCCC[C@]12O. The summed E-state index contributed by atoms with van der Waals surface area (Å²) in [6.07, 6.45) is 5.07. The summed E-state index contributed by atoms with van der Waals surface area (Å²) >= 11 is 0. The molecule has 1 heterocycles.